The minimum absolute atomic E-state index is 0.540. The Labute approximate surface area is 77.9 Å². The summed E-state index contributed by atoms with van der Waals surface area (Å²) in [6, 6.07) is 0.949. The second kappa shape index (κ2) is 8.97. The van der Waals surface area contributed by atoms with Gasteiger partial charge in [0.25, 0.3) is 0 Å². The lowest BCUT2D eigenvalue weighted by Gasteiger charge is -2.06. The maximum Gasteiger partial charge on any atom is 0.233 e. The van der Waals surface area contributed by atoms with Crippen LogP contribution in [-0.4, -0.2) is 29.6 Å². The lowest BCUT2D eigenvalue weighted by atomic mass is 10.2. The Hall–Kier alpha value is -0.123. The molecule has 12 heavy (non-hydrogen) atoms. The van der Waals surface area contributed by atoms with Gasteiger partial charge in [0.05, 0.1) is 13.2 Å². The molecule has 0 aliphatic rings. The molecule has 0 aromatic rings. The predicted molar refractivity (Wildman–Crippen MR) is 52.4 cm³/mol. The van der Waals surface area contributed by atoms with Crippen molar-refractivity contribution < 1.29 is 9.16 Å². The molecule has 0 aromatic carbocycles. The summed E-state index contributed by atoms with van der Waals surface area (Å²) in [4.78, 5) is 0. The van der Waals surface area contributed by atoms with Crippen LogP contribution in [0, 0.1) is 5.92 Å². The van der Waals surface area contributed by atoms with Crippen molar-refractivity contribution in [3.63, 3.8) is 0 Å². The second-order valence-corrected chi connectivity index (χ2v) is 3.94. The molecule has 0 aliphatic carbocycles. The number of allylic oxidation sites excluding steroid dienone is 1. The van der Waals surface area contributed by atoms with E-state index in [1.165, 1.54) is 0 Å². The normalized spacial score (nSPS) is 10.6. The van der Waals surface area contributed by atoms with Crippen LogP contribution in [0.4, 0.5) is 0 Å². The molecule has 0 unspecified atom stereocenters. The van der Waals surface area contributed by atoms with Crippen LogP contribution in [0.5, 0.6) is 0 Å². The standard InChI is InChI=1S/C9H18O2Si/c1-4-7-12-11-6-5-10-8-9(2)3/h4,9H,1,5-8H2,2-3H3. The van der Waals surface area contributed by atoms with Crippen LogP contribution in [-0.2, 0) is 9.16 Å². The molecule has 0 aromatic heterocycles. The maximum atomic E-state index is 5.33. The second-order valence-electron chi connectivity index (χ2n) is 2.95. The van der Waals surface area contributed by atoms with Gasteiger partial charge in [-0.1, -0.05) is 19.9 Å². The topological polar surface area (TPSA) is 18.5 Å². The van der Waals surface area contributed by atoms with Crippen LogP contribution in [0.15, 0.2) is 12.7 Å². The van der Waals surface area contributed by atoms with Gasteiger partial charge in [-0.25, -0.2) is 0 Å². The first-order valence-corrected chi connectivity index (χ1v) is 5.42. The summed E-state index contributed by atoms with van der Waals surface area (Å²) in [5, 5.41) is 0. The van der Waals surface area contributed by atoms with Crippen LogP contribution < -0.4 is 0 Å². The molecule has 0 amide bonds. The fourth-order valence-electron chi connectivity index (χ4n) is 0.610. The molecular formula is C9H18O2Si. The van der Waals surface area contributed by atoms with Crippen molar-refractivity contribution in [2.75, 3.05) is 19.8 Å². The Balaban J connectivity index is 2.86. The predicted octanol–water partition coefficient (Wildman–Crippen LogP) is 1.90. The number of rotatable bonds is 8. The van der Waals surface area contributed by atoms with Crippen molar-refractivity contribution >= 4 is 9.76 Å². The zero-order chi connectivity index (χ0) is 9.23. The number of hydrogen-bond donors (Lipinski definition) is 0. The molecule has 0 atom stereocenters. The van der Waals surface area contributed by atoms with Gasteiger partial charge in [-0.15, -0.1) is 6.58 Å². The van der Waals surface area contributed by atoms with E-state index in [0.717, 1.165) is 12.7 Å². The van der Waals surface area contributed by atoms with Crippen molar-refractivity contribution in [2.24, 2.45) is 5.92 Å². The van der Waals surface area contributed by atoms with E-state index >= 15 is 0 Å². The molecule has 3 heteroatoms. The first kappa shape index (κ1) is 11.9. The highest BCUT2D eigenvalue weighted by Gasteiger charge is 1.93. The quantitative estimate of drug-likeness (QED) is 0.327. The average Bonchev–Trinajstić information content (AvgIpc) is 2.02. The highest BCUT2D eigenvalue weighted by molar-refractivity contribution is 6.27. The third-order valence-electron chi connectivity index (χ3n) is 1.11. The van der Waals surface area contributed by atoms with Crippen molar-refractivity contribution in [3.8, 4) is 0 Å². The molecule has 70 valence electrons. The van der Waals surface area contributed by atoms with Gasteiger partial charge in [-0.3, -0.25) is 0 Å². The van der Waals surface area contributed by atoms with Gasteiger partial charge in [-0.05, 0) is 12.0 Å². The van der Waals surface area contributed by atoms with Gasteiger partial charge in [0.2, 0.25) is 9.76 Å². The SMILES string of the molecule is C=CC[Si]OCCOCC(C)C. The van der Waals surface area contributed by atoms with Gasteiger partial charge in [-0.2, -0.15) is 0 Å². The molecule has 0 spiro atoms. The van der Waals surface area contributed by atoms with Crippen LogP contribution in [0.25, 0.3) is 0 Å². The molecule has 0 bridgehead atoms. The Morgan fingerprint density at radius 3 is 2.75 bits per heavy atom. The van der Waals surface area contributed by atoms with E-state index in [0.29, 0.717) is 28.9 Å². The third-order valence-corrected chi connectivity index (χ3v) is 1.97. The van der Waals surface area contributed by atoms with Gasteiger partial charge in [0, 0.05) is 6.61 Å². The molecular weight excluding hydrogens is 168 g/mol. The van der Waals surface area contributed by atoms with Crippen LogP contribution >= 0.6 is 0 Å². The summed E-state index contributed by atoms with van der Waals surface area (Å²) in [6.45, 7) is 10.1. The summed E-state index contributed by atoms with van der Waals surface area (Å²) in [6.07, 6.45) is 1.87. The fraction of sp³-hybridized carbons (Fsp3) is 0.778. The van der Waals surface area contributed by atoms with E-state index in [1.807, 2.05) is 6.08 Å². The number of hydrogen-bond acceptors (Lipinski definition) is 2. The first-order chi connectivity index (χ1) is 5.77. The van der Waals surface area contributed by atoms with Crippen LogP contribution in [0.2, 0.25) is 6.04 Å². The summed E-state index contributed by atoms with van der Waals surface area (Å²) in [5.74, 6) is 0.612. The van der Waals surface area contributed by atoms with E-state index in [9.17, 15) is 0 Å². The van der Waals surface area contributed by atoms with E-state index < -0.39 is 0 Å². The lowest BCUT2D eigenvalue weighted by molar-refractivity contribution is 0.0831. The zero-order valence-electron chi connectivity index (χ0n) is 8.01. The van der Waals surface area contributed by atoms with E-state index in [-0.39, 0.29) is 0 Å². The summed E-state index contributed by atoms with van der Waals surface area (Å²) < 4.78 is 10.6. The van der Waals surface area contributed by atoms with Crippen LogP contribution in [0.3, 0.4) is 0 Å². The molecule has 0 saturated carbocycles. The van der Waals surface area contributed by atoms with Gasteiger partial charge in [0.15, 0.2) is 0 Å². The molecule has 0 rings (SSSR count). The molecule has 2 radical (unpaired) electrons. The summed E-state index contributed by atoms with van der Waals surface area (Å²) in [5.41, 5.74) is 0. The van der Waals surface area contributed by atoms with Crippen molar-refractivity contribution in [2.45, 2.75) is 19.9 Å². The lowest BCUT2D eigenvalue weighted by Crippen LogP contribution is -2.09. The average molecular weight is 186 g/mol. The Morgan fingerprint density at radius 2 is 2.17 bits per heavy atom. The van der Waals surface area contributed by atoms with Crippen LogP contribution in [0.1, 0.15) is 13.8 Å². The first-order valence-electron chi connectivity index (χ1n) is 4.30. The largest absolute Gasteiger partial charge is 0.415 e. The van der Waals surface area contributed by atoms with Crippen molar-refractivity contribution in [1.29, 1.82) is 0 Å². The molecule has 0 N–H and O–H groups in total. The van der Waals surface area contributed by atoms with Gasteiger partial charge < -0.3 is 9.16 Å². The Morgan fingerprint density at radius 1 is 1.42 bits per heavy atom. The smallest absolute Gasteiger partial charge is 0.233 e. The Kier molecular flexibility index (Phi) is 8.88. The molecule has 2 nitrogen and oxygen atoms in total. The van der Waals surface area contributed by atoms with Crippen molar-refractivity contribution in [1.82, 2.24) is 0 Å². The molecule has 0 heterocycles. The van der Waals surface area contributed by atoms with Gasteiger partial charge >= 0.3 is 0 Å². The molecule has 0 aliphatic heterocycles. The minimum Gasteiger partial charge on any atom is -0.415 e. The maximum absolute atomic E-state index is 5.33. The number of ether oxygens (including phenoxy) is 1. The molecule has 0 saturated heterocycles. The van der Waals surface area contributed by atoms with E-state index in [4.69, 9.17) is 9.16 Å². The summed E-state index contributed by atoms with van der Waals surface area (Å²) >= 11 is 0. The Bertz CT molecular complexity index is 105. The van der Waals surface area contributed by atoms with Crippen molar-refractivity contribution in [3.05, 3.63) is 12.7 Å². The monoisotopic (exact) mass is 186 g/mol. The highest BCUT2D eigenvalue weighted by atomic mass is 28.2. The minimum atomic E-state index is 0.540. The van der Waals surface area contributed by atoms with E-state index in [2.05, 4.69) is 20.4 Å². The van der Waals surface area contributed by atoms with Gasteiger partial charge in [0.1, 0.15) is 0 Å². The zero-order valence-corrected chi connectivity index (χ0v) is 9.01. The summed E-state index contributed by atoms with van der Waals surface area (Å²) in [7, 11) is 0.540. The highest BCUT2D eigenvalue weighted by Crippen LogP contribution is 1.91. The third kappa shape index (κ3) is 9.88. The fourth-order valence-corrected chi connectivity index (χ4v) is 1.07. The van der Waals surface area contributed by atoms with E-state index in [1.54, 1.807) is 0 Å². The molecule has 0 fully saturated rings.